The van der Waals surface area contributed by atoms with Gasteiger partial charge in [-0.05, 0) is 0 Å². The van der Waals surface area contributed by atoms with E-state index in [1.165, 1.54) is 0 Å². The molecule has 1 heterocycles. The summed E-state index contributed by atoms with van der Waals surface area (Å²) in [6, 6.07) is -1.02. The van der Waals surface area contributed by atoms with Crippen molar-refractivity contribution in [1.29, 1.82) is 0 Å². The quantitative estimate of drug-likeness (QED) is 0.454. The number of aliphatic hydroxyl groups excluding tert-OH is 1. The number of nitrogens with two attached hydrogens (primary N) is 1. The second kappa shape index (κ2) is 3.17. The first-order valence-electron chi connectivity index (χ1n) is 3.37. The average molecular weight is 161 g/mol. The Morgan fingerprint density at radius 1 is 1.64 bits per heavy atom. The van der Waals surface area contributed by atoms with Crippen LogP contribution in [0.3, 0.4) is 0 Å². The Morgan fingerprint density at radius 3 is 2.64 bits per heavy atom. The Morgan fingerprint density at radius 2 is 2.27 bits per heavy atom. The summed E-state index contributed by atoms with van der Waals surface area (Å²) in [4.78, 5) is 10.3. The van der Waals surface area contributed by atoms with Crippen LogP contribution in [0.4, 0.5) is 0 Å². The SMILES string of the molecule is N[C@H](C(=O)O)C1COCC1O. The highest BCUT2D eigenvalue weighted by atomic mass is 16.5. The van der Waals surface area contributed by atoms with Crippen molar-refractivity contribution < 1.29 is 19.7 Å². The van der Waals surface area contributed by atoms with E-state index >= 15 is 0 Å². The summed E-state index contributed by atoms with van der Waals surface area (Å²) in [5, 5.41) is 17.6. The standard InChI is InChI=1S/C6H11NO4/c7-5(6(9)10)3-1-11-2-4(3)8/h3-5,8H,1-2,7H2,(H,9,10)/t3?,4?,5-/m0/s1. The molecule has 0 radical (unpaired) electrons. The molecular weight excluding hydrogens is 150 g/mol. The van der Waals surface area contributed by atoms with E-state index in [4.69, 9.17) is 20.7 Å². The lowest BCUT2D eigenvalue weighted by Crippen LogP contribution is -2.43. The summed E-state index contributed by atoms with van der Waals surface area (Å²) in [5.74, 6) is -1.56. The zero-order valence-electron chi connectivity index (χ0n) is 5.93. The first-order chi connectivity index (χ1) is 5.13. The topological polar surface area (TPSA) is 92.8 Å². The summed E-state index contributed by atoms with van der Waals surface area (Å²) in [7, 11) is 0. The molecule has 3 atom stereocenters. The van der Waals surface area contributed by atoms with E-state index < -0.39 is 24.0 Å². The maximum Gasteiger partial charge on any atom is 0.320 e. The van der Waals surface area contributed by atoms with Gasteiger partial charge in [0.05, 0.1) is 19.3 Å². The number of carboxylic acid groups (broad SMARTS) is 1. The minimum absolute atomic E-state index is 0.186. The first-order valence-corrected chi connectivity index (χ1v) is 3.37. The van der Waals surface area contributed by atoms with E-state index in [0.29, 0.717) is 0 Å². The second-order valence-electron chi connectivity index (χ2n) is 2.63. The van der Waals surface area contributed by atoms with E-state index in [0.717, 1.165) is 0 Å². The molecule has 0 spiro atoms. The monoisotopic (exact) mass is 161 g/mol. The van der Waals surface area contributed by atoms with Crippen molar-refractivity contribution >= 4 is 5.97 Å². The van der Waals surface area contributed by atoms with Crippen molar-refractivity contribution in [1.82, 2.24) is 0 Å². The highest BCUT2D eigenvalue weighted by Crippen LogP contribution is 2.16. The van der Waals surface area contributed by atoms with E-state index in [1.54, 1.807) is 0 Å². The molecular formula is C6H11NO4. The fraction of sp³-hybridized carbons (Fsp3) is 0.833. The molecule has 1 aliphatic rings. The highest BCUT2D eigenvalue weighted by Gasteiger charge is 2.35. The van der Waals surface area contributed by atoms with Gasteiger partial charge in [-0.15, -0.1) is 0 Å². The molecule has 1 aliphatic heterocycles. The van der Waals surface area contributed by atoms with E-state index in [2.05, 4.69) is 0 Å². The van der Waals surface area contributed by atoms with Crippen molar-refractivity contribution in [3.8, 4) is 0 Å². The van der Waals surface area contributed by atoms with Crippen LogP contribution in [-0.2, 0) is 9.53 Å². The molecule has 0 bridgehead atoms. The van der Waals surface area contributed by atoms with Crippen LogP contribution >= 0.6 is 0 Å². The summed E-state index contributed by atoms with van der Waals surface area (Å²) >= 11 is 0. The van der Waals surface area contributed by atoms with Gasteiger partial charge in [-0.3, -0.25) is 4.79 Å². The summed E-state index contributed by atoms with van der Waals surface area (Å²) < 4.78 is 4.85. The molecule has 0 aromatic carbocycles. The molecule has 5 nitrogen and oxygen atoms in total. The molecule has 4 N–H and O–H groups in total. The molecule has 1 fully saturated rings. The van der Waals surface area contributed by atoms with Gasteiger partial charge < -0.3 is 20.7 Å². The lowest BCUT2D eigenvalue weighted by atomic mass is 9.98. The molecule has 0 aromatic rings. The Balaban J connectivity index is 2.52. The zero-order valence-corrected chi connectivity index (χ0v) is 5.93. The molecule has 5 heteroatoms. The molecule has 1 rings (SSSR count). The average Bonchev–Trinajstić information content (AvgIpc) is 2.33. The molecule has 64 valence electrons. The van der Waals surface area contributed by atoms with Crippen molar-refractivity contribution in [3.05, 3.63) is 0 Å². The molecule has 11 heavy (non-hydrogen) atoms. The normalized spacial score (nSPS) is 33.6. The number of aliphatic hydroxyl groups is 1. The molecule has 0 aliphatic carbocycles. The van der Waals surface area contributed by atoms with Crippen LogP contribution in [-0.4, -0.2) is 41.5 Å². The minimum Gasteiger partial charge on any atom is -0.480 e. The summed E-state index contributed by atoms with van der Waals surface area (Å²) in [5.41, 5.74) is 5.27. The highest BCUT2D eigenvalue weighted by molar-refractivity contribution is 5.73. The van der Waals surface area contributed by atoms with Gasteiger partial charge in [-0.1, -0.05) is 0 Å². The van der Waals surface area contributed by atoms with Gasteiger partial charge in [0.1, 0.15) is 6.04 Å². The van der Waals surface area contributed by atoms with Crippen LogP contribution in [0.1, 0.15) is 0 Å². The third-order valence-electron chi connectivity index (χ3n) is 1.84. The number of hydrogen-bond acceptors (Lipinski definition) is 4. The number of rotatable bonds is 2. The third kappa shape index (κ3) is 1.68. The lowest BCUT2D eigenvalue weighted by molar-refractivity contribution is -0.140. The van der Waals surface area contributed by atoms with E-state index in [1.807, 2.05) is 0 Å². The number of hydrogen-bond donors (Lipinski definition) is 3. The van der Waals surface area contributed by atoms with Gasteiger partial charge in [-0.25, -0.2) is 0 Å². The van der Waals surface area contributed by atoms with Crippen molar-refractivity contribution in [2.75, 3.05) is 13.2 Å². The van der Waals surface area contributed by atoms with Crippen LogP contribution in [0, 0.1) is 5.92 Å². The molecule has 1 saturated heterocycles. The van der Waals surface area contributed by atoms with E-state index in [-0.39, 0.29) is 13.2 Å². The van der Waals surface area contributed by atoms with Crippen LogP contribution in [0.5, 0.6) is 0 Å². The number of aliphatic carboxylic acids is 1. The maximum absolute atomic E-state index is 10.3. The van der Waals surface area contributed by atoms with Crippen LogP contribution in [0.2, 0.25) is 0 Å². The largest absolute Gasteiger partial charge is 0.480 e. The van der Waals surface area contributed by atoms with Crippen LogP contribution in [0.15, 0.2) is 0 Å². The van der Waals surface area contributed by atoms with Gasteiger partial charge in [0.2, 0.25) is 0 Å². The van der Waals surface area contributed by atoms with Crippen LogP contribution < -0.4 is 5.73 Å². The van der Waals surface area contributed by atoms with Gasteiger partial charge in [-0.2, -0.15) is 0 Å². The minimum atomic E-state index is -1.10. The maximum atomic E-state index is 10.3. The van der Waals surface area contributed by atoms with Gasteiger partial charge >= 0.3 is 5.97 Å². The Bertz CT molecular complexity index is 161. The Labute approximate surface area is 63.8 Å². The molecule has 2 unspecified atom stereocenters. The van der Waals surface area contributed by atoms with E-state index in [9.17, 15) is 4.79 Å². The zero-order chi connectivity index (χ0) is 8.43. The summed E-state index contributed by atoms with van der Waals surface area (Å²) in [6.07, 6.45) is -0.735. The van der Waals surface area contributed by atoms with Crippen LogP contribution in [0.25, 0.3) is 0 Å². The number of carbonyl (C=O) groups is 1. The number of ether oxygens (including phenoxy) is 1. The molecule has 0 saturated carbocycles. The van der Waals surface area contributed by atoms with Gasteiger partial charge in [0, 0.05) is 5.92 Å². The smallest absolute Gasteiger partial charge is 0.320 e. The summed E-state index contributed by atoms with van der Waals surface area (Å²) in [6.45, 7) is 0.417. The first kappa shape index (κ1) is 8.45. The fourth-order valence-corrected chi connectivity index (χ4v) is 1.09. The Hall–Kier alpha value is -0.650. The predicted octanol–water partition coefficient (Wildman–Crippen LogP) is -1.59. The van der Waals surface area contributed by atoms with Gasteiger partial charge in [0.15, 0.2) is 0 Å². The fourth-order valence-electron chi connectivity index (χ4n) is 1.09. The van der Waals surface area contributed by atoms with Crippen molar-refractivity contribution in [2.45, 2.75) is 12.1 Å². The lowest BCUT2D eigenvalue weighted by Gasteiger charge is -2.15. The number of carboxylic acids is 1. The molecule has 0 aromatic heterocycles. The second-order valence-corrected chi connectivity index (χ2v) is 2.63. The van der Waals surface area contributed by atoms with Crippen molar-refractivity contribution in [2.24, 2.45) is 11.7 Å². The van der Waals surface area contributed by atoms with Crippen molar-refractivity contribution in [3.63, 3.8) is 0 Å². The Kier molecular flexibility index (Phi) is 2.43. The molecule has 0 amide bonds. The van der Waals surface area contributed by atoms with Gasteiger partial charge in [0.25, 0.3) is 0 Å². The predicted molar refractivity (Wildman–Crippen MR) is 35.9 cm³/mol. The third-order valence-corrected chi connectivity index (χ3v) is 1.84.